The first-order valence-corrected chi connectivity index (χ1v) is 13.5. The zero-order valence-electron chi connectivity index (χ0n) is 22.3. The van der Waals surface area contributed by atoms with Crippen LogP contribution in [0.3, 0.4) is 0 Å². The number of H-pyrrole nitrogens is 1. The van der Waals surface area contributed by atoms with Crippen molar-refractivity contribution in [2.75, 3.05) is 0 Å². The van der Waals surface area contributed by atoms with Gasteiger partial charge in [-0.2, -0.15) is 5.26 Å². The molecule has 1 aliphatic carbocycles. The second-order valence-electron chi connectivity index (χ2n) is 10.1. The molecule has 1 aliphatic rings. The summed E-state index contributed by atoms with van der Waals surface area (Å²) in [6, 6.07) is 27.3. The number of nitriles is 1. The van der Waals surface area contributed by atoms with E-state index in [1.54, 1.807) is 18.3 Å². The van der Waals surface area contributed by atoms with Crippen molar-refractivity contribution in [2.24, 2.45) is 0 Å². The predicted octanol–water partition coefficient (Wildman–Crippen LogP) is 6.17. The number of halogens is 1. The third-order valence-corrected chi connectivity index (χ3v) is 7.44. The summed E-state index contributed by atoms with van der Waals surface area (Å²) in [5.41, 5.74) is 8.47. The number of para-hydroxylation sites is 2. The van der Waals surface area contributed by atoms with E-state index in [-0.39, 0.29) is 23.0 Å². The number of aromatic nitrogens is 4. The van der Waals surface area contributed by atoms with Crippen LogP contribution in [0.4, 0.5) is 0 Å². The van der Waals surface area contributed by atoms with E-state index >= 15 is 0 Å². The van der Waals surface area contributed by atoms with Crippen LogP contribution >= 0.6 is 17.0 Å². The second kappa shape index (κ2) is 13.0. The maximum absolute atomic E-state index is 9.28. The van der Waals surface area contributed by atoms with Crippen molar-refractivity contribution in [2.45, 2.75) is 51.5 Å². The highest BCUT2D eigenvalue weighted by Crippen LogP contribution is 2.34. The van der Waals surface area contributed by atoms with Crippen LogP contribution in [0, 0.1) is 11.3 Å². The van der Waals surface area contributed by atoms with Gasteiger partial charge in [-0.25, -0.2) is 4.98 Å². The van der Waals surface area contributed by atoms with E-state index in [0.29, 0.717) is 18.7 Å². The largest absolute Gasteiger partial charge is 0.341 e. The van der Waals surface area contributed by atoms with Crippen molar-refractivity contribution in [3.8, 4) is 6.07 Å². The molecule has 7 nitrogen and oxygen atoms in total. The van der Waals surface area contributed by atoms with E-state index < -0.39 is 0 Å². The Kier molecular flexibility index (Phi) is 8.97. The van der Waals surface area contributed by atoms with Crippen LogP contribution in [0.2, 0.25) is 0 Å². The molecular formula is C32H32BrN7. The van der Waals surface area contributed by atoms with Gasteiger partial charge in [0.05, 0.1) is 40.6 Å². The van der Waals surface area contributed by atoms with Gasteiger partial charge < -0.3 is 10.3 Å². The van der Waals surface area contributed by atoms with Crippen LogP contribution in [0.25, 0.3) is 11.0 Å². The number of hydrogen-bond donors (Lipinski definition) is 2. The lowest BCUT2D eigenvalue weighted by molar-refractivity contribution is 0.153. The van der Waals surface area contributed by atoms with Gasteiger partial charge in [-0.3, -0.25) is 14.9 Å². The average Bonchev–Trinajstić information content (AvgIpc) is 3.40. The third-order valence-electron chi connectivity index (χ3n) is 7.44. The molecule has 3 aromatic heterocycles. The zero-order valence-corrected chi connectivity index (χ0v) is 24.0. The number of nitrogens with zero attached hydrogens (tertiary/aromatic N) is 5. The smallest absolute Gasteiger partial charge is 0.121 e. The molecule has 0 aliphatic heterocycles. The van der Waals surface area contributed by atoms with Crippen LogP contribution < -0.4 is 5.32 Å². The first kappa shape index (κ1) is 27.7. The molecule has 0 fully saturated rings. The van der Waals surface area contributed by atoms with Gasteiger partial charge in [-0.15, -0.1) is 17.0 Å². The Morgan fingerprint density at radius 2 is 1.70 bits per heavy atom. The molecule has 0 bridgehead atoms. The predicted molar refractivity (Wildman–Crippen MR) is 162 cm³/mol. The highest BCUT2D eigenvalue weighted by molar-refractivity contribution is 8.93. The summed E-state index contributed by atoms with van der Waals surface area (Å²) < 4.78 is 0. The van der Waals surface area contributed by atoms with E-state index in [2.05, 4.69) is 68.7 Å². The maximum atomic E-state index is 9.28. The van der Waals surface area contributed by atoms with Gasteiger partial charge in [-0.1, -0.05) is 42.5 Å². The van der Waals surface area contributed by atoms with Crippen LogP contribution in [-0.2, 0) is 32.6 Å². The lowest BCUT2D eigenvalue weighted by atomic mass is 9.90. The molecule has 8 heteroatoms. The normalized spacial score (nSPS) is 14.4. The zero-order chi connectivity index (χ0) is 26.4. The molecule has 0 radical (unpaired) electrons. The fourth-order valence-corrected chi connectivity index (χ4v) is 5.49. The number of imidazole rings is 1. The van der Waals surface area contributed by atoms with Crippen molar-refractivity contribution in [1.82, 2.24) is 30.2 Å². The minimum atomic E-state index is 0. The molecule has 1 atom stereocenters. The molecule has 3 heterocycles. The average molecular weight is 595 g/mol. The molecule has 2 aromatic carbocycles. The van der Waals surface area contributed by atoms with E-state index in [1.165, 1.54) is 22.4 Å². The standard InChI is InChI=1S/C32H31N7.BrH/c33-18-26-8-5-16-35-29(26)20-34-19-23-12-14-24(15-13-23)21-39(22-31-37-27-9-1-2-10-28(27)38-31)30-11-3-6-25-7-4-17-36-32(25)30;/h1-2,4-5,7-10,12-17,30,34H,3,6,11,19-22H2,(H,37,38);1H. The SMILES string of the molecule is Br.N#Cc1cccnc1CNCc1ccc(CN(Cc2nc3ccccc3[nH]2)C2CCCc3cccnc32)cc1. The Labute approximate surface area is 245 Å². The number of hydrogen-bond acceptors (Lipinski definition) is 6. The Morgan fingerprint density at radius 3 is 2.55 bits per heavy atom. The molecule has 202 valence electrons. The maximum Gasteiger partial charge on any atom is 0.121 e. The molecule has 5 aromatic rings. The Hall–Kier alpha value is -3.90. The number of aryl methyl sites for hydroxylation is 1. The summed E-state index contributed by atoms with van der Waals surface area (Å²) in [5, 5.41) is 12.7. The summed E-state index contributed by atoms with van der Waals surface area (Å²) in [4.78, 5) is 20.1. The molecule has 40 heavy (non-hydrogen) atoms. The van der Waals surface area contributed by atoms with Gasteiger partial charge in [0, 0.05) is 32.0 Å². The van der Waals surface area contributed by atoms with Crippen LogP contribution in [0.5, 0.6) is 0 Å². The Balaban J connectivity index is 0.00000323. The first-order valence-electron chi connectivity index (χ1n) is 13.5. The molecule has 1 unspecified atom stereocenters. The number of pyridine rings is 2. The van der Waals surface area contributed by atoms with Crippen molar-refractivity contribution in [3.05, 3.63) is 125 Å². The highest BCUT2D eigenvalue weighted by Gasteiger charge is 2.28. The van der Waals surface area contributed by atoms with Crippen molar-refractivity contribution >= 4 is 28.0 Å². The lowest BCUT2D eigenvalue weighted by Crippen LogP contribution is -2.31. The lowest BCUT2D eigenvalue weighted by Gasteiger charge is -2.34. The summed E-state index contributed by atoms with van der Waals surface area (Å²) in [5.74, 6) is 0.978. The number of rotatable bonds is 9. The fourth-order valence-electron chi connectivity index (χ4n) is 5.49. The van der Waals surface area contributed by atoms with Gasteiger partial charge in [0.15, 0.2) is 0 Å². The van der Waals surface area contributed by atoms with E-state index in [1.807, 2.05) is 24.4 Å². The van der Waals surface area contributed by atoms with Crippen LogP contribution in [-0.4, -0.2) is 24.8 Å². The molecule has 2 N–H and O–H groups in total. The quantitative estimate of drug-likeness (QED) is 0.212. The van der Waals surface area contributed by atoms with E-state index in [9.17, 15) is 5.26 Å². The minimum absolute atomic E-state index is 0. The number of fused-ring (bicyclic) bond motifs is 2. The monoisotopic (exact) mass is 593 g/mol. The van der Waals surface area contributed by atoms with Crippen molar-refractivity contribution in [1.29, 1.82) is 5.26 Å². The third kappa shape index (κ3) is 6.28. The van der Waals surface area contributed by atoms with Gasteiger partial charge in [0.1, 0.15) is 11.9 Å². The van der Waals surface area contributed by atoms with Crippen molar-refractivity contribution in [3.63, 3.8) is 0 Å². The molecule has 0 spiro atoms. The van der Waals surface area contributed by atoms with Gasteiger partial charge in [0.25, 0.3) is 0 Å². The molecule has 0 saturated carbocycles. The van der Waals surface area contributed by atoms with Gasteiger partial charge >= 0.3 is 0 Å². The van der Waals surface area contributed by atoms with Gasteiger partial charge in [0.2, 0.25) is 0 Å². The topological polar surface area (TPSA) is 93.5 Å². The van der Waals surface area contributed by atoms with Crippen molar-refractivity contribution < 1.29 is 0 Å². The minimum Gasteiger partial charge on any atom is -0.341 e. The molecular weight excluding hydrogens is 562 g/mol. The van der Waals surface area contributed by atoms with E-state index in [0.717, 1.165) is 54.9 Å². The summed E-state index contributed by atoms with van der Waals surface area (Å²) in [7, 11) is 0. The highest BCUT2D eigenvalue weighted by atomic mass is 79.9. The molecule has 6 rings (SSSR count). The number of benzene rings is 2. The van der Waals surface area contributed by atoms with Crippen LogP contribution in [0.15, 0.2) is 85.2 Å². The van der Waals surface area contributed by atoms with Gasteiger partial charge in [-0.05, 0) is 66.3 Å². The Bertz CT molecular complexity index is 1570. The summed E-state index contributed by atoms with van der Waals surface area (Å²) in [6.45, 7) is 2.81. The van der Waals surface area contributed by atoms with Crippen LogP contribution in [0.1, 0.15) is 58.3 Å². The molecule has 0 saturated heterocycles. The summed E-state index contributed by atoms with van der Waals surface area (Å²) >= 11 is 0. The number of aromatic amines is 1. The first-order chi connectivity index (χ1) is 19.3. The second-order valence-corrected chi connectivity index (χ2v) is 10.1. The fraction of sp³-hybridized carbons (Fsp3) is 0.250. The Morgan fingerprint density at radius 1 is 0.900 bits per heavy atom. The molecule has 0 amide bonds. The van der Waals surface area contributed by atoms with E-state index in [4.69, 9.17) is 9.97 Å². The number of nitrogens with one attached hydrogen (secondary N) is 2. The summed E-state index contributed by atoms with van der Waals surface area (Å²) in [6.07, 6.45) is 6.99.